The van der Waals surface area contributed by atoms with Gasteiger partial charge in [-0.15, -0.1) is 0 Å². The molecule has 0 aliphatic rings. The van der Waals surface area contributed by atoms with E-state index in [1.807, 2.05) is 0 Å². The number of anilines is 3. The molecule has 0 amide bonds. The van der Waals surface area contributed by atoms with Gasteiger partial charge >= 0.3 is 0 Å². The highest BCUT2D eigenvalue weighted by Gasteiger charge is 2.05. The van der Waals surface area contributed by atoms with Gasteiger partial charge in [0, 0.05) is 18.7 Å². The number of halogens is 2. The highest BCUT2D eigenvalue weighted by molar-refractivity contribution is 5.59. The van der Waals surface area contributed by atoms with E-state index in [2.05, 4.69) is 27.5 Å². The second-order valence-corrected chi connectivity index (χ2v) is 4.32. The van der Waals surface area contributed by atoms with Gasteiger partial charge in [-0.05, 0) is 18.6 Å². The zero-order valence-electron chi connectivity index (χ0n) is 11.2. The normalized spacial score (nSPS) is 10.3. The van der Waals surface area contributed by atoms with Crippen LogP contribution in [-0.4, -0.2) is 16.5 Å². The van der Waals surface area contributed by atoms with Crippen molar-refractivity contribution in [3.8, 4) is 0 Å². The van der Waals surface area contributed by atoms with Gasteiger partial charge in [-0.1, -0.05) is 13.3 Å². The second-order valence-electron chi connectivity index (χ2n) is 4.32. The first-order chi connectivity index (χ1) is 9.69. The average Bonchev–Trinajstić information content (AvgIpc) is 2.43. The first-order valence-electron chi connectivity index (χ1n) is 6.47. The summed E-state index contributed by atoms with van der Waals surface area (Å²) in [6.07, 6.45) is 3.52. The summed E-state index contributed by atoms with van der Waals surface area (Å²) in [5, 5.41) is 5.95. The lowest BCUT2D eigenvalue weighted by Gasteiger charge is -2.09. The number of aromatic nitrogens is 2. The number of hydrogen-bond acceptors (Lipinski definition) is 4. The van der Waals surface area contributed by atoms with Gasteiger partial charge in [-0.25, -0.2) is 18.7 Å². The van der Waals surface area contributed by atoms with Crippen molar-refractivity contribution in [2.24, 2.45) is 0 Å². The Hall–Kier alpha value is -2.24. The SMILES string of the molecule is CCCCNc1cc(Nc2ccc(F)cc2F)ncn1. The lowest BCUT2D eigenvalue weighted by atomic mass is 10.3. The predicted octanol–water partition coefficient (Wildman–Crippen LogP) is 3.71. The molecular formula is C14H16F2N4. The summed E-state index contributed by atoms with van der Waals surface area (Å²) in [5.74, 6) is -0.162. The second kappa shape index (κ2) is 6.79. The average molecular weight is 278 g/mol. The van der Waals surface area contributed by atoms with Crippen LogP contribution in [0.25, 0.3) is 0 Å². The fourth-order valence-electron chi connectivity index (χ4n) is 1.64. The first kappa shape index (κ1) is 14.2. The Bertz CT molecular complexity index is 575. The van der Waals surface area contributed by atoms with Crippen LogP contribution in [0.4, 0.5) is 26.1 Å². The fraction of sp³-hybridized carbons (Fsp3) is 0.286. The Labute approximate surface area is 116 Å². The Morgan fingerprint density at radius 2 is 1.90 bits per heavy atom. The number of nitrogens with zero attached hydrogens (tertiary/aromatic N) is 2. The molecule has 0 unspecified atom stereocenters. The summed E-state index contributed by atoms with van der Waals surface area (Å²) in [6, 6.07) is 5.02. The maximum Gasteiger partial charge on any atom is 0.149 e. The molecule has 106 valence electrons. The van der Waals surface area contributed by atoms with E-state index in [0.29, 0.717) is 11.6 Å². The first-order valence-corrected chi connectivity index (χ1v) is 6.47. The molecule has 2 N–H and O–H groups in total. The topological polar surface area (TPSA) is 49.8 Å². The third-order valence-electron chi connectivity index (χ3n) is 2.70. The Morgan fingerprint density at radius 3 is 2.65 bits per heavy atom. The van der Waals surface area contributed by atoms with Crippen LogP contribution in [-0.2, 0) is 0 Å². The van der Waals surface area contributed by atoms with E-state index in [-0.39, 0.29) is 5.69 Å². The zero-order chi connectivity index (χ0) is 14.4. The molecule has 0 spiro atoms. The maximum absolute atomic E-state index is 13.5. The van der Waals surface area contributed by atoms with Crippen LogP contribution in [0, 0.1) is 11.6 Å². The molecule has 0 aliphatic heterocycles. The molecular weight excluding hydrogens is 262 g/mol. The molecule has 0 saturated heterocycles. The molecule has 0 aliphatic carbocycles. The minimum Gasteiger partial charge on any atom is -0.370 e. The van der Waals surface area contributed by atoms with Gasteiger partial charge < -0.3 is 10.6 Å². The van der Waals surface area contributed by atoms with Crippen molar-refractivity contribution in [3.63, 3.8) is 0 Å². The van der Waals surface area contributed by atoms with E-state index in [9.17, 15) is 8.78 Å². The maximum atomic E-state index is 13.5. The molecule has 0 saturated carbocycles. The van der Waals surface area contributed by atoms with Gasteiger partial charge in [0.15, 0.2) is 0 Å². The Balaban J connectivity index is 2.07. The van der Waals surface area contributed by atoms with Gasteiger partial charge in [0.05, 0.1) is 5.69 Å². The molecule has 0 radical (unpaired) electrons. The van der Waals surface area contributed by atoms with Crippen LogP contribution in [0.3, 0.4) is 0 Å². The number of nitrogens with one attached hydrogen (secondary N) is 2. The number of benzene rings is 1. The molecule has 20 heavy (non-hydrogen) atoms. The van der Waals surface area contributed by atoms with Crippen LogP contribution in [0.15, 0.2) is 30.6 Å². The van der Waals surface area contributed by atoms with E-state index in [4.69, 9.17) is 0 Å². The molecule has 1 heterocycles. The van der Waals surface area contributed by atoms with E-state index in [1.54, 1.807) is 6.07 Å². The molecule has 2 rings (SSSR count). The van der Waals surface area contributed by atoms with E-state index in [0.717, 1.165) is 25.5 Å². The van der Waals surface area contributed by atoms with Crippen LogP contribution in [0.5, 0.6) is 0 Å². The van der Waals surface area contributed by atoms with Gasteiger partial charge in [0.2, 0.25) is 0 Å². The fourth-order valence-corrected chi connectivity index (χ4v) is 1.64. The molecule has 0 bridgehead atoms. The van der Waals surface area contributed by atoms with Crippen molar-refractivity contribution in [2.45, 2.75) is 19.8 Å². The van der Waals surface area contributed by atoms with Crippen LogP contribution < -0.4 is 10.6 Å². The Morgan fingerprint density at radius 1 is 1.10 bits per heavy atom. The van der Waals surface area contributed by atoms with Crippen molar-refractivity contribution in [3.05, 3.63) is 42.2 Å². The third-order valence-corrected chi connectivity index (χ3v) is 2.70. The van der Waals surface area contributed by atoms with Crippen molar-refractivity contribution in [1.82, 2.24) is 9.97 Å². The lowest BCUT2D eigenvalue weighted by molar-refractivity contribution is 0.586. The van der Waals surface area contributed by atoms with Crippen molar-refractivity contribution >= 4 is 17.3 Å². The molecule has 0 fully saturated rings. The highest BCUT2D eigenvalue weighted by Crippen LogP contribution is 2.20. The summed E-state index contributed by atoms with van der Waals surface area (Å²) >= 11 is 0. The Kier molecular flexibility index (Phi) is 4.81. The molecule has 6 heteroatoms. The summed E-state index contributed by atoms with van der Waals surface area (Å²) in [6.45, 7) is 2.92. The standard InChI is InChI=1S/C14H16F2N4/c1-2-3-6-17-13-8-14(19-9-18-13)20-12-5-4-10(15)7-11(12)16/h4-5,7-9H,2-3,6H2,1H3,(H2,17,18,19,20). The summed E-state index contributed by atoms with van der Waals surface area (Å²) in [4.78, 5) is 8.08. The predicted molar refractivity (Wildman–Crippen MR) is 75.1 cm³/mol. The van der Waals surface area contributed by atoms with Crippen LogP contribution >= 0.6 is 0 Å². The van der Waals surface area contributed by atoms with Gasteiger partial charge in [-0.2, -0.15) is 0 Å². The quantitative estimate of drug-likeness (QED) is 0.791. The third kappa shape index (κ3) is 3.88. The van der Waals surface area contributed by atoms with E-state index < -0.39 is 11.6 Å². The number of hydrogen-bond donors (Lipinski definition) is 2. The largest absolute Gasteiger partial charge is 0.370 e. The van der Waals surface area contributed by atoms with Crippen molar-refractivity contribution < 1.29 is 8.78 Å². The highest BCUT2D eigenvalue weighted by atomic mass is 19.1. The minimum absolute atomic E-state index is 0.171. The van der Waals surface area contributed by atoms with Crippen molar-refractivity contribution in [1.29, 1.82) is 0 Å². The summed E-state index contributed by atoms with van der Waals surface area (Å²) in [7, 11) is 0. The molecule has 1 aromatic heterocycles. The molecule has 4 nitrogen and oxygen atoms in total. The van der Waals surface area contributed by atoms with Crippen molar-refractivity contribution in [2.75, 3.05) is 17.2 Å². The molecule has 1 aromatic carbocycles. The monoisotopic (exact) mass is 278 g/mol. The van der Waals surface area contributed by atoms with Gasteiger partial charge in [0.25, 0.3) is 0 Å². The lowest BCUT2D eigenvalue weighted by Crippen LogP contribution is -2.04. The van der Waals surface area contributed by atoms with Crippen LogP contribution in [0.2, 0.25) is 0 Å². The van der Waals surface area contributed by atoms with Gasteiger partial charge in [0.1, 0.15) is 29.6 Å². The number of unbranched alkanes of at least 4 members (excludes halogenated alkanes) is 1. The van der Waals surface area contributed by atoms with Gasteiger partial charge in [-0.3, -0.25) is 0 Å². The summed E-state index contributed by atoms with van der Waals surface area (Å²) in [5.41, 5.74) is 0.171. The molecule has 2 aromatic rings. The smallest absolute Gasteiger partial charge is 0.149 e. The van der Waals surface area contributed by atoms with E-state index in [1.165, 1.54) is 18.5 Å². The number of rotatable bonds is 6. The van der Waals surface area contributed by atoms with E-state index >= 15 is 0 Å². The minimum atomic E-state index is -0.663. The molecule has 0 atom stereocenters. The summed E-state index contributed by atoms with van der Waals surface area (Å²) < 4.78 is 26.3. The zero-order valence-corrected chi connectivity index (χ0v) is 11.2. The van der Waals surface area contributed by atoms with Crippen LogP contribution in [0.1, 0.15) is 19.8 Å².